The second-order valence-corrected chi connectivity index (χ2v) is 7.99. The van der Waals surface area contributed by atoms with Crippen LogP contribution in [0.3, 0.4) is 0 Å². The largest absolute Gasteiger partial charge is 0.484 e. The van der Waals surface area contributed by atoms with Crippen molar-refractivity contribution in [3.63, 3.8) is 0 Å². The van der Waals surface area contributed by atoms with Crippen LogP contribution in [-0.2, 0) is 16.1 Å². The van der Waals surface area contributed by atoms with Crippen LogP contribution in [0.25, 0.3) is 0 Å². The summed E-state index contributed by atoms with van der Waals surface area (Å²) in [6.45, 7) is 1.72. The van der Waals surface area contributed by atoms with Gasteiger partial charge in [-0.15, -0.1) is 0 Å². The van der Waals surface area contributed by atoms with Crippen LogP contribution in [0, 0.1) is 5.82 Å². The maximum absolute atomic E-state index is 13.1. The maximum Gasteiger partial charge on any atom is 0.261 e. The average Bonchev–Trinajstić information content (AvgIpc) is 3.25. The summed E-state index contributed by atoms with van der Waals surface area (Å²) in [5.41, 5.74) is 0.857. The number of ether oxygens (including phenoxy) is 1. The first-order valence-electron chi connectivity index (χ1n) is 10.1. The van der Waals surface area contributed by atoms with E-state index in [1.54, 1.807) is 19.1 Å². The van der Waals surface area contributed by atoms with Gasteiger partial charge in [0.2, 0.25) is 5.91 Å². The third-order valence-corrected chi connectivity index (χ3v) is 5.56. The predicted molar refractivity (Wildman–Crippen MR) is 114 cm³/mol. The van der Waals surface area contributed by atoms with Gasteiger partial charge in [0.15, 0.2) is 6.61 Å². The molecule has 0 heterocycles. The Labute approximate surface area is 181 Å². The number of nitrogens with zero attached hydrogens (tertiary/aromatic N) is 1. The molecule has 2 amide bonds. The van der Waals surface area contributed by atoms with E-state index in [0.29, 0.717) is 10.8 Å². The first-order valence-corrected chi connectivity index (χ1v) is 10.5. The summed E-state index contributed by atoms with van der Waals surface area (Å²) in [5, 5.41) is 3.65. The van der Waals surface area contributed by atoms with E-state index in [1.165, 1.54) is 29.2 Å². The van der Waals surface area contributed by atoms with Gasteiger partial charge in [0.25, 0.3) is 5.91 Å². The first-order chi connectivity index (χ1) is 14.4. The molecule has 1 aliphatic carbocycles. The van der Waals surface area contributed by atoms with Crippen molar-refractivity contribution in [3.8, 4) is 5.75 Å². The zero-order valence-electron chi connectivity index (χ0n) is 16.9. The third kappa shape index (κ3) is 6.20. The third-order valence-electron chi connectivity index (χ3n) is 5.31. The van der Waals surface area contributed by atoms with Gasteiger partial charge >= 0.3 is 0 Å². The van der Waals surface area contributed by atoms with E-state index in [-0.39, 0.29) is 36.8 Å². The Kier molecular flexibility index (Phi) is 7.69. The van der Waals surface area contributed by atoms with E-state index >= 15 is 0 Å². The van der Waals surface area contributed by atoms with Crippen LogP contribution >= 0.6 is 11.6 Å². The molecule has 0 aromatic heterocycles. The zero-order chi connectivity index (χ0) is 21.5. The molecule has 0 saturated heterocycles. The number of benzene rings is 2. The molecule has 0 spiro atoms. The second-order valence-electron chi connectivity index (χ2n) is 7.56. The molecule has 160 valence electrons. The van der Waals surface area contributed by atoms with Gasteiger partial charge in [0.05, 0.1) is 0 Å². The summed E-state index contributed by atoms with van der Waals surface area (Å²) >= 11 is 5.96. The van der Waals surface area contributed by atoms with E-state index < -0.39 is 6.04 Å². The fourth-order valence-corrected chi connectivity index (χ4v) is 3.65. The molecule has 0 radical (unpaired) electrons. The van der Waals surface area contributed by atoms with Crippen LogP contribution in [0.4, 0.5) is 4.39 Å². The van der Waals surface area contributed by atoms with Gasteiger partial charge in [0, 0.05) is 17.6 Å². The number of nitrogens with one attached hydrogen (secondary N) is 1. The van der Waals surface area contributed by atoms with E-state index in [1.807, 2.05) is 12.1 Å². The topological polar surface area (TPSA) is 58.6 Å². The van der Waals surface area contributed by atoms with Gasteiger partial charge in [-0.3, -0.25) is 9.59 Å². The van der Waals surface area contributed by atoms with Crippen molar-refractivity contribution in [1.82, 2.24) is 10.2 Å². The second kappa shape index (κ2) is 10.4. The number of hydrogen-bond donors (Lipinski definition) is 1. The van der Waals surface area contributed by atoms with Gasteiger partial charge in [-0.2, -0.15) is 0 Å². The summed E-state index contributed by atoms with van der Waals surface area (Å²) in [6.07, 6.45) is 4.16. The minimum absolute atomic E-state index is 0.169. The molecule has 0 aliphatic heterocycles. The first kappa shape index (κ1) is 22.1. The van der Waals surface area contributed by atoms with Crippen molar-refractivity contribution in [2.24, 2.45) is 0 Å². The number of rotatable bonds is 8. The monoisotopic (exact) mass is 432 g/mol. The Morgan fingerprint density at radius 3 is 2.40 bits per heavy atom. The number of carbonyl (C=O) groups is 2. The Morgan fingerprint density at radius 2 is 1.77 bits per heavy atom. The Bertz CT molecular complexity index is 852. The van der Waals surface area contributed by atoms with Gasteiger partial charge in [-0.25, -0.2) is 4.39 Å². The highest BCUT2D eigenvalue weighted by atomic mass is 35.5. The lowest BCUT2D eigenvalue weighted by Gasteiger charge is -2.29. The molecule has 0 bridgehead atoms. The highest BCUT2D eigenvalue weighted by Crippen LogP contribution is 2.19. The van der Waals surface area contributed by atoms with Crippen molar-refractivity contribution in [3.05, 3.63) is 64.9 Å². The van der Waals surface area contributed by atoms with Crippen LogP contribution in [0.1, 0.15) is 38.2 Å². The zero-order valence-corrected chi connectivity index (χ0v) is 17.7. The molecule has 30 heavy (non-hydrogen) atoms. The molecule has 2 aromatic rings. The van der Waals surface area contributed by atoms with Crippen molar-refractivity contribution in [2.75, 3.05) is 6.61 Å². The molecule has 7 heteroatoms. The van der Waals surface area contributed by atoms with Crippen LogP contribution in [0.15, 0.2) is 48.5 Å². The minimum atomic E-state index is -0.661. The summed E-state index contributed by atoms with van der Waals surface area (Å²) in [4.78, 5) is 27.2. The molecule has 1 saturated carbocycles. The molecule has 2 aromatic carbocycles. The van der Waals surface area contributed by atoms with E-state index in [9.17, 15) is 14.0 Å². The SMILES string of the molecule is C[C@@H](C(=O)NC1CCCC1)N(Cc1ccc(Cl)cc1)C(=O)COc1ccc(F)cc1. The fraction of sp³-hybridized carbons (Fsp3) is 0.391. The van der Waals surface area contributed by atoms with Crippen molar-refractivity contribution in [1.29, 1.82) is 0 Å². The van der Waals surface area contributed by atoms with E-state index in [4.69, 9.17) is 16.3 Å². The minimum Gasteiger partial charge on any atom is -0.484 e. The molecule has 1 fully saturated rings. The Balaban J connectivity index is 1.69. The Morgan fingerprint density at radius 1 is 1.13 bits per heavy atom. The van der Waals surface area contributed by atoms with Gasteiger partial charge in [-0.1, -0.05) is 36.6 Å². The lowest BCUT2D eigenvalue weighted by atomic mass is 10.1. The molecule has 3 rings (SSSR count). The Hall–Kier alpha value is -2.60. The molecule has 1 atom stereocenters. The molecule has 5 nitrogen and oxygen atoms in total. The highest BCUT2D eigenvalue weighted by molar-refractivity contribution is 6.30. The van der Waals surface area contributed by atoms with Crippen LogP contribution in [-0.4, -0.2) is 35.4 Å². The fourth-order valence-electron chi connectivity index (χ4n) is 3.52. The average molecular weight is 433 g/mol. The van der Waals surface area contributed by atoms with Crippen molar-refractivity contribution in [2.45, 2.75) is 51.2 Å². The van der Waals surface area contributed by atoms with Crippen molar-refractivity contribution < 1.29 is 18.7 Å². The molecule has 1 N–H and O–H groups in total. The van der Waals surface area contributed by atoms with Crippen LogP contribution in [0.5, 0.6) is 5.75 Å². The summed E-state index contributed by atoms with van der Waals surface area (Å²) in [6, 6.07) is 12.1. The van der Waals surface area contributed by atoms with E-state index in [0.717, 1.165) is 31.2 Å². The smallest absolute Gasteiger partial charge is 0.261 e. The summed E-state index contributed by atoms with van der Waals surface area (Å²) in [7, 11) is 0. The number of carbonyl (C=O) groups excluding carboxylic acids is 2. The van der Waals surface area contributed by atoms with E-state index in [2.05, 4.69) is 5.32 Å². The van der Waals surface area contributed by atoms with Crippen LogP contribution in [0.2, 0.25) is 5.02 Å². The summed E-state index contributed by atoms with van der Waals surface area (Å²) < 4.78 is 18.6. The molecular weight excluding hydrogens is 407 g/mol. The lowest BCUT2D eigenvalue weighted by Crippen LogP contribution is -2.50. The standard InChI is InChI=1S/C23H26ClFN2O3/c1-16(23(29)26-20-4-2-3-5-20)27(14-17-6-8-18(24)9-7-17)22(28)15-30-21-12-10-19(25)11-13-21/h6-13,16,20H,2-5,14-15H2,1H3,(H,26,29)/t16-/m0/s1. The predicted octanol–water partition coefficient (Wildman–Crippen LogP) is 4.33. The number of hydrogen-bond acceptors (Lipinski definition) is 3. The molecular formula is C23H26ClFN2O3. The maximum atomic E-state index is 13.1. The van der Waals surface area contributed by atoms with Crippen LogP contribution < -0.4 is 10.1 Å². The quantitative estimate of drug-likeness (QED) is 0.675. The van der Waals surface area contributed by atoms with Gasteiger partial charge < -0.3 is 15.0 Å². The van der Waals surface area contributed by atoms with Crippen molar-refractivity contribution >= 4 is 23.4 Å². The number of amides is 2. The lowest BCUT2D eigenvalue weighted by molar-refractivity contribution is -0.142. The number of halogens is 2. The normalized spacial score (nSPS) is 14.9. The van der Waals surface area contributed by atoms with Gasteiger partial charge in [-0.05, 0) is 61.7 Å². The highest BCUT2D eigenvalue weighted by Gasteiger charge is 2.28. The molecule has 1 aliphatic rings. The summed E-state index contributed by atoms with van der Waals surface area (Å²) in [5.74, 6) is -0.496. The van der Waals surface area contributed by atoms with Gasteiger partial charge in [0.1, 0.15) is 17.6 Å². The molecule has 0 unspecified atom stereocenters.